The Bertz CT molecular complexity index is 989. The van der Waals surface area contributed by atoms with Crippen LogP contribution in [-0.2, 0) is 19.5 Å². The van der Waals surface area contributed by atoms with Gasteiger partial charge in [-0.2, -0.15) is 0 Å². The van der Waals surface area contributed by atoms with Gasteiger partial charge in [0, 0.05) is 37.8 Å². The van der Waals surface area contributed by atoms with Gasteiger partial charge in [-0.25, -0.2) is 9.97 Å². The smallest absolute Gasteiger partial charge is 0.227 e. The van der Waals surface area contributed by atoms with E-state index in [1.165, 1.54) is 11.1 Å². The number of nitrogens with one attached hydrogen (secondary N) is 1. The number of rotatable bonds is 7. The number of anilines is 2. The summed E-state index contributed by atoms with van der Waals surface area (Å²) in [6.07, 6.45) is 3.04. The van der Waals surface area contributed by atoms with E-state index in [0.29, 0.717) is 5.95 Å². The maximum Gasteiger partial charge on any atom is 0.227 e. The van der Waals surface area contributed by atoms with Crippen molar-refractivity contribution in [3.05, 3.63) is 71.5 Å². The molecule has 0 radical (unpaired) electrons. The van der Waals surface area contributed by atoms with Gasteiger partial charge in [0.2, 0.25) is 5.95 Å². The number of ether oxygens (including phenoxy) is 2. The van der Waals surface area contributed by atoms with E-state index in [0.717, 1.165) is 48.9 Å². The molecule has 0 bridgehead atoms. The standard InChI is InChI=1S/C24H28N4O2/c1-17(2)30-20-10-8-18(9-11-20)15-28-13-12-21-19(16-28)14-25-24(26-21)27-22-6-4-5-7-23(22)29-3/h4-11,14,17H,12-13,15-16H2,1-3H3,(H,25,26,27). The van der Waals surface area contributed by atoms with Crippen molar-refractivity contribution < 1.29 is 9.47 Å². The lowest BCUT2D eigenvalue weighted by atomic mass is 10.1. The van der Waals surface area contributed by atoms with E-state index in [9.17, 15) is 0 Å². The van der Waals surface area contributed by atoms with Crippen LogP contribution >= 0.6 is 0 Å². The van der Waals surface area contributed by atoms with Gasteiger partial charge in [0.05, 0.1) is 24.6 Å². The Hall–Kier alpha value is -3.12. The van der Waals surface area contributed by atoms with Crippen molar-refractivity contribution in [3.8, 4) is 11.5 Å². The van der Waals surface area contributed by atoms with Gasteiger partial charge in [-0.15, -0.1) is 0 Å². The van der Waals surface area contributed by atoms with Crippen LogP contribution in [0.15, 0.2) is 54.7 Å². The molecular weight excluding hydrogens is 376 g/mol. The van der Waals surface area contributed by atoms with Crippen molar-refractivity contribution >= 4 is 11.6 Å². The summed E-state index contributed by atoms with van der Waals surface area (Å²) in [7, 11) is 1.66. The minimum atomic E-state index is 0.191. The Morgan fingerprint density at radius 1 is 1.10 bits per heavy atom. The molecule has 0 atom stereocenters. The highest BCUT2D eigenvalue weighted by Crippen LogP contribution is 2.27. The predicted octanol–water partition coefficient (Wildman–Crippen LogP) is 4.57. The SMILES string of the molecule is COc1ccccc1Nc1ncc2c(n1)CCN(Cc1ccc(OC(C)C)cc1)C2. The van der Waals surface area contributed by atoms with Gasteiger partial charge in [-0.05, 0) is 43.7 Å². The molecule has 1 aromatic heterocycles. The summed E-state index contributed by atoms with van der Waals surface area (Å²) in [5.41, 5.74) is 4.44. The predicted molar refractivity (Wildman–Crippen MR) is 118 cm³/mol. The maximum atomic E-state index is 5.73. The van der Waals surface area contributed by atoms with Gasteiger partial charge in [-0.3, -0.25) is 4.90 Å². The minimum Gasteiger partial charge on any atom is -0.495 e. The molecule has 6 nitrogen and oxygen atoms in total. The van der Waals surface area contributed by atoms with Gasteiger partial charge in [0.15, 0.2) is 0 Å². The van der Waals surface area contributed by atoms with Crippen molar-refractivity contribution in [1.82, 2.24) is 14.9 Å². The zero-order valence-electron chi connectivity index (χ0n) is 17.8. The molecule has 3 aromatic rings. The first-order valence-electron chi connectivity index (χ1n) is 10.3. The summed E-state index contributed by atoms with van der Waals surface area (Å²) in [5.74, 6) is 2.29. The van der Waals surface area contributed by atoms with E-state index >= 15 is 0 Å². The third-order valence-corrected chi connectivity index (χ3v) is 5.07. The molecule has 156 valence electrons. The minimum absolute atomic E-state index is 0.191. The third-order valence-electron chi connectivity index (χ3n) is 5.07. The Kier molecular flexibility index (Phi) is 6.14. The fourth-order valence-electron chi connectivity index (χ4n) is 3.64. The molecule has 2 heterocycles. The van der Waals surface area contributed by atoms with E-state index in [4.69, 9.17) is 14.5 Å². The second kappa shape index (κ2) is 9.13. The lowest BCUT2D eigenvalue weighted by molar-refractivity contribution is 0.239. The molecule has 30 heavy (non-hydrogen) atoms. The van der Waals surface area contributed by atoms with Crippen molar-refractivity contribution in [3.63, 3.8) is 0 Å². The van der Waals surface area contributed by atoms with Gasteiger partial charge < -0.3 is 14.8 Å². The van der Waals surface area contributed by atoms with Gasteiger partial charge in [0.1, 0.15) is 11.5 Å². The van der Waals surface area contributed by atoms with E-state index < -0.39 is 0 Å². The Morgan fingerprint density at radius 3 is 2.67 bits per heavy atom. The maximum absolute atomic E-state index is 5.73. The zero-order valence-corrected chi connectivity index (χ0v) is 17.8. The summed E-state index contributed by atoms with van der Waals surface area (Å²) in [6, 6.07) is 16.2. The average molecular weight is 405 g/mol. The molecule has 0 aliphatic carbocycles. The first-order valence-corrected chi connectivity index (χ1v) is 10.3. The van der Waals surface area contributed by atoms with E-state index in [1.54, 1.807) is 7.11 Å². The van der Waals surface area contributed by atoms with Crippen molar-refractivity contribution in [2.75, 3.05) is 19.0 Å². The van der Waals surface area contributed by atoms with Gasteiger partial charge in [-0.1, -0.05) is 24.3 Å². The number of methoxy groups -OCH3 is 1. The number of benzene rings is 2. The topological polar surface area (TPSA) is 59.5 Å². The van der Waals surface area contributed by atoms with Crippen molar-refractivity contribution in [2.45, 2.75) is 39.5 Å². The molecule has 2 aromatic carbocycles. The molecule has 0 saturated carbocycles. The highest BCUT2D eigenvalue weighted by atomic mass is 16.5. The highest BCUT2D eigenvalue weighted by Gasteiger charge is 2.19. The third kappa shape index (κ3) is 4.89. The van der Waals surface area contributed by atoms with Crippen LogP contribution in [0.2, 0.25) is 0 Å². The Labute approximate surface area is 177 Å². The molecule has 0 fully saturated rings. The molecule has 1 aliphatic heterocycles. The van der Waals surface area contributed by atoms with Crippen LogP contribution in [0.3, 0.4) is 0 Å². The Balaban J connectivity index is 1.40. The molecular formula is C24H28N4O2. The van der Waals surface area contributed by atoms with Crippen LogP contribution in [0.25, 0.3) is 0 Å². The molecule has 4 rings (SSSR count). The lowest BCUT2D eigenvalue weighted by Gasteiger charge is -2.28. The van der Waals surface area contributed by atoms with Crippen LogP contribution in [-0.4, -0.2) is 34.6 Å². The van der Waals surface area contributed by atoms with Crippen molar-refractivity contribution in [2.24, 2.45) is 0 Å². The quantitative estimate of drug-likeness (QED) is 0.622. The molecule has 6 heteroatoms. The fourth-order valence-corrected chi connectivity index (χ4v) is 3.64. The number of hydrogen-bond donors (Lipinski definition) is 1. The molecule has 1 aliphatic rings. The average Bonchev–Trinajstić information content (AvgIpc) is 2.75. The fraction of sp³-hybridized carbons (Fsp3) is 0.333. The molecule has 0 amide bonds. The summed E-state index contributed by atoms with van der Waals surface area (Å²) in [4.78, 5) is 11.7. The highest BCUT2D eigenvalue weighted by molar-refractivity contribution is 5.62. The second-order valence-electron chi connectivity index (χ2n) is 7.76. The summed E-state index contributed by atoms with van der Waals surface area (Å²) in [5, 5.41) is 3.27. The summed E-state index contributed by atoms with van der Waals surface area (Å²) >= 11 is 0. The van der Waals surface area contributed by atoms with Crippen molar-refractivity contribution in [1.29, 1.82) is 0 Å². The number of nitrogens with zero attached hydrogens (tertiary/aromatic N) is 3. The number of fused-ring (bicyclic) bond motifs is 1. The molecule has 1 N–H and O–H groups in total. The molecule has 0 unspecified atom stereocenters. The normalized spacial score (nSPS) is 13.7. The van der Waals surface area contributed by atoms with Crippen LogP contribution in [0, 0.1) is 0 Å². The van der Waals surface area contributed by atoms with Crippen LogP contribution < -0.4 is 14.8 Å². The largest absolute Gasteiger partial charge is 0.495 e. The Morgan fingerprint density at radius 2 is 1.90 bits per heavy atom. The first kappa shape index (κ1) is 20.2. The molecule has 0 spiro atoms. The summed E-state index contributed by atoms with van der Waals surface area (Å²) < 4.78 is 11.1. The number of para-hydroxylation sites is 2. The van der Waals surface area contributed by atoms with Crippen LogP contribution in [0.1, 0.15) is 30.7 Å². The van der Waals surface area contributed by atoms with Crippen LogP contribution in [0.5, 0.6) is 11.5 Å². The lowest BCUT2D eigenvalue weighted by Crippen LogP contribution is -2.31. The number of aromatic nitrogens is 2. The van der Waals surface area contributed by atoms with Gasteiger partial charge in [0.25, 0.3) is 0 Å². The molecule has 0 saturated heterocycles. The van der Waals surface area contributed by atoms with Gasteiger partial charge >= 0.3 is 0 Å². The van der Waals surface area contributed by atoms with E-state index in [-0.39, 0.29) is 6.10 Å². The van der Waals surface area contributed by atoms with E-state index in [2.05, 4.69) is 27.3 Å². The monoisotopic (exact) mass is 404 g/mol. The zero-order chi connectivity index (χ0) is 20.9. The first-order chi connectivity index (χ1) is 14.6. The van der Waals surface area contributed by atoms with Crippen LogP contribution in [0.4, 0.5) is 11.6 Å². The second-order valence-corrected chi connectivity index (χ2v) is 7.76. The van der Waals surface area contributed by atoms with E-state index in [1.807, 2.05) is 56.4 Å². The summed E-state index contributed by atoms with van der Waals surface area (Å²) in [6.45, 7) is 6.82. The number of hydrogen-bond acceptors (Lipinski definition) is 6.